The Morgan fingerprint density at radius 1 is 1.29 bits per heavy atom. The van der Waals surface area contributed by atoms with Crippen LogP contribution >= 0.6 is 0 Å². The van der Waals surface area contributed by atoms with Gasteiger partial charge in [0.15, 0.2) is 0 Å². The average molecular weight is 232 g/mol. The fraction of sp³-hybridized carbons (Fsp3) is 0.600. The molecule has 1 fully saturated rings. The third kappa shape index (κ3) is 2.63. The van der Waals surface area contributed by atoms with Crippen molar-refractivity contribution in [2.45, 2.75) is 39.2 Å². The highest BCUT2D eigenvalue weighted by molar-refractivity contribution is 5.50. The maximum atomic E-state index is 5.81. The van der Waals surface area contributed by atoms with E-state index in [1.165, 1.54) is 24.1 Å². The van der Waals surface area contributed by atoms with E-state index in [2.05, 4.69) is 49.9 Å². The third-order valence-electron chi connectivity index (χ3n) is 3.96. The molecule has 1 atom stereocenters. The molecule has 17 heavy (non-hydrogen) atoms. The molecular weight excluding hydrogens is 208 g/mol. The zero-order chi connectivity index (χ0) is 12.5. The van der Waals surface area contributed by atoms with Gasteiger partial charge < -0.3 is 10.6 Å². The zero-order valence-electron chi connectivity index (χ0n) is 11.2. The Hall–Kier alpha value is -1.02. The number of nitrogens with two attached hydrogens (primary N) is 1. The molecule has 0 aromatic heterocycles. The van der Waals surface area contributed by atoms with Gasteiger partial charge in [-0.15, -0.1) is 0 Å². The summed E-state index contributed by atoms with van der Waals surface area (Å²) in [4.78, 5) is 2.53. The SMILES string of the molecule is Cc1ccc(N2CCC(CN)CC2(C)C)cc1. The van der Waals surface area contributed by atoms with E-state index in [-0.39, 0.29) is 5.54 Å². The standard InChI is InChI=1S/C15H24N2/c1-12-4-6-14(7-5-12)17-9-8-13(11-16)10-15(17,2)3/h4-7,13H,8-11,16H2,1-3H3. The van der Waals surface area contributed by atoms with Gasteiger partial charge in [-0.25, -0.2) is 0 Å². The quantitative estimate of drug-likeness (QED) is 0.849. The molecule has 2 nitrogen and oxygen atoms in total. The minimum atomic E-state index is 0.220. The minimum absolute atomic E-state index is 0.220. The van der Waals surface area contributed by atoms with E-state index >= 15 is 0 Å². The fourth-order valence-corrected chi connectivity index (χ4v) is 2.94. The topological polar surface area (TPSA) is 29.3 Å². The predicted molar refractivity (Wildman–Crippen MR) is 74.4 cm³/mol. The first-order chi connectivity index (χ1) is 8.03. The molecule has 0 saturated carbocycles. The summed E-state index contributed by atoms with van der Waals surface area (Å²) in [5, 5.41) is 0. The van der Waals surface area contributed by atoms with Gasteiger partial charge in [0.25, 0.3) is 0 Å². The number of aryl methyl sites for hydroxylation is 1. The molecule has 1 heterocycles. The lowest BCUT2D eigenvalue weighted by atomic mass is 9.82. The van der Waals surface area contributed by atoms with E-state index < -0.39 is 0 Å². The first-order valence-corrected chi connectivity index (χ1v) is 6.57. The lowest BCUT2D eigenvalue weighted by Crippen LogP contribution is -2.51. The minimum Gasteiger partial charge on any atom is -0.366 e. The molecule has 2 N–H and O–H groups in total. The van der Waals surface area contributed by atoms with Crippen molar-refractivity contribution < 1.29 is 0 Å². The molecule has 1 aliphatic rings. The number of hydrogen-bond acceptors (Lipinski definition) is 2. The smallest absolute Gasteiger partial charge is 0.0370 e. The summed E-state index contributed by atoms with van der Waals surface area (Å²) in [6.07, 6.45) is 2.41. The summed E-state index contributed by atoms with van der Waals surface area (Å²) < 4.78 is 0. The molecule has 0 aliphatic carbocycles. The fourth-order valence-electron chi connectivity index (χ4n) is 2.94. The van der Waals surface area contributed by atoms with Crippen LogP contribution in [0.25, 0.3) is 0 Å². The molecule has 0 amide bonds. The molecule has 0 spiro atoms. The summed E-state index contributed by atoms with van der Waals surface area (Å²) in [5.74, 6) is 0.687. The molecule has 0 bridgehead atoms. The molecule has 2 heteroatoms. The van der Waals surface area contributed by atoms with Gasteiger partial charge in [-0.1, -0.05) is 17.7 Å². The van der Waals surface area contributed by atoms with Crippen LogP contribution in [0, 0.1) is 12.8 Å². The van der Waals surface area contributed by atoms with Gasteiger partial charge in [-0.2, -0.15) is 0 Å². The first kappa shape index (κ1) is 12.4. The second-order valence-corrected chi connectivity index (χ2v) is 5.89. The molecule has 1 unspecified atom stereocenters. The highest BCUT2D eigenvalue weighted by Crippen LogP contribution is 2.34. The Morgan fingerprint density at radius 3 is 2.47 bits per heavy atom. The van der Waals surface area contributed by atoms with Crippen molar-refractivity contribution >= 4 is 5.69 Å². The van der Waals surface area contributed by atoms with Crippen molar-refractivity contribution in [2.24, 2.45) is 11.7 Å². The van der Waals surface area contributed by atoms with Crippen LogP contribution in [0.5, 0.6) is 0 Å². The molecule has 1 aromatic carbocycles. The average Bonchev–Trinajstić information content (AvgIpc) is 2.29. The van der Waals surface area contributed by atoms with Crippen LogP contribution in [0.1, 0.15) is 32.3 Å². The van der Waals surface area contributed by atoms with Crippen molar-refractivity contribution in [1.82, 2.24) is 0 Å². The number of piperidine rings is 1. The number of hydrogen-bond donors (Lipinski definition) is 1. The van der Waals surface area contributed by atoms with Gasteiger partial charge in [0.2, 0.25) is 0 Å². The summed E-state index contributed by atoms with van der Waals surface area (Å²) in [6, 6.07) is 8.86. The van der Waals surface area contributed by atoms with E-state index in [1.807, 2.05) is 0 Å². The van der Waals surface area contributed by atoms with Gasteiger partial charge in [-0.05, 0) is 58.2 Å². The molecule has 1 saturated heterocycles. The number of nitrogens with zero attached hydrogens (tertiary/aromatic N) is 1. The maximum absolute atomic E-state index is 5.81. The van der Waals surface area contributed by atoms with Crippen molar-refractivity contribution in [3.8, 4) is 0 Å². The van der Waals surface area contributed by atoms with Crippen molar-refractivity contribution in [3.63, 3.8) is 0 Å². The normalized spacial score (nSPS) is 23.8. The van der Waals surface area contributed by atoms with E-state index in [4.69, 9.17) is 5.73 Å². The van der Waals surface area contributed by atoms with Crippen LogP contribution in [0.3, 0.4) is 0 Å². The van der Waals surface area contributed by atoms with Crippen LogP contribution in [-0.2, 0) is 0 Å². The first-order valence-electron chi connectivity index (χ1n) is 6.57. The van der Waals surface area contributed by atoms with Crippen molar-refractivity contribution in [3.05, 3.63) is 29.8 Å². The highest BCUT2D eigenvalue weighted by atomic mass is 15.2. The zero-order valence-corrected chi connectivity index (χ0v) is 11.2. The summed E-state index contributed by atoms with van der Waals surface area (Å²) >= 11 is 0. The Kier molecular flexibility index (Phi) is 3.43. The molecule has 1 aliphatic heterocycles. The van der Waals surface area contributed by atoms with E-state index in [1.54, 1.807) is 0 Å². The lowest BCUT2D eigenvalue weighted by Gasteiger charge is -2.47. The molecule has 94 valence electrons. The van der Waals surface area contributed by atoms with Crippen LogP contribution in [0.2, 0.25) is 0 Å². The summed E-state index contributed by atoms with van der Waals surface area (Å²) in [6.45, 7) is 8.74. The van der Waals surface area contributed by atoms with Gasteiger partial charge >= 0.3 is 0 Å². The predicted octanol–water partition coefficient (Wildman–Crippen LogP) is 2.95. The van der Waals surface area contributed by atoms with E-state index in [0.29, 0.717) is 5.92 Å². The lowest BCUT2D eigenvalue weighted by molar-refractivity contribution is 0.279. The second-order valence-electron chi connectivity index (χ2n) is 5.89. The number of benzene rings is 1. The Labute approximate surface area is 105 Å². The van der Waals surface area contributed by atoms with Crippen molar-refractivity contribution in [2.75, 3.05) is 18.0 Å². The molecule has 2 rings (SSSR count). The van der Waals surface area contributed by atoms with Crippen LogP contribution in [0.4, 0.5) is 5.69 Å². The molecule has 0 radical (unpaired) electrons. The monoisotopic (exact) mass is 232 g/mol. The highest BCUT2D eigenvalue weighted by Gasteiger charge is 2.34. The van der Waals surface area contributed by atoms with Crippen LogP contribution in [0.15, 0.2) is 24.3 Å². The second kappa shape index (κ2) is 4.69. The Morgan fingerprint density at radius 2 is 1.94 bits per heavy atom. The van der Waals surface area contributed by atoms with Gasteiger partial charge in [0.1, 0.15) is 0 Å². The number of anilines is 1. The van der Waals surface area contributed by atoms with Gasteiger partial charge in [0, 0.05) is 17.8 Å². The van der Waals surface area contributed by atoms with Crippen LogP contribution in [-0.4, -0.2) is 18.6 Å². The van der Waals surface area contributed by atoms with Crippen LogP contribution < -0.4 is 10.6 Å². The summed E-state index contributed by atoms with van der Waals surface area (Å²) in [5.41, 5.74) is 8.70. The van der Waals surface area contributed by atoms with Gasteiger partial charge in [0.05, 0.1) is 0 Å². The Bertz CT molecular complexity index is 367. The summed E-state index contributed by atoms with van der Waals surface area (Å²) in [7, 11) is 0. The number of rotatable bonds is 2. The largest absolute Gasteiger partial charge is 0.366 e. The maximum Gasteiger partial charge on any atom is 0.0370 e. The third-order valence-corrected chi connectivity index (χ3v) is 3.96. The molecule has 1 aromatic rings. The van der Waals surface area contributed by atoms with E-state index in [0.717, 1.165) is 13.1 Å². The van der Waals surface area contributed by atoms with Gasteiger partial charge in [-0.3, -0.25) is 0 Å². The Balaban J connectivity index is 2.18. The van der Waals surface area contributed by atoms with Crippen molar-refractivity contribution in [1.29, 1.82) is 0 Å². The van der Waals surface area contributed by atoms with E-state index in [9.17, 15) is 0 Å². The molecular formula is C15H24N2.